The Hall–Kier alpha value is -3.52. The minimum absolute atomic E-state index is 0.866. The Bertz CT molecular complexity index is 926. The molecule has 0 bridgehead atoms. The smallest absolute Gasteiger partial charge is 0.0889 e. The topological polar surface area (TPSA) is 24.7 Å². The normalized spacial score (nSPS) is 12.8. The largest absolute Gasteiger partial charge is 0.251 e. The van der Waals surface area contributed by atoms with Crippen molar-refractivity contribution >= 4 is 35.0 Å². The Morgan fingerprint density at radius 1 is 0.536 bits per heavy atom. The average Bonchev–Trinajstić information content (AvgIpc) is 2.74. The molecular formula is C26H24N2. The van der Waals surface area contributed by atoms with Crippen LogP contribution in [0.25, 0.3) is 12.2 Å². The van der Waals surface area contributed by atoms with Gasteiger partial charge in [0.1, 0.15) is 0 Å². The van der Waals surface area contributed by atoms with E-state index < -0.39 is 0 Å². The molecule has 0 aliphatic carbocycles. The van der Waals surface area contributed by atoms with Crippen LogP contribution in [0.3, 0.4) is 0 Å². The Morgan fingerprint density at radius 3 is 1.29 bits per heavy atom. The minimum Gasteiger partial charge on any atom is -0.251 e. The van der Waals surface area contributed by atoms with Gasteiger partial charge in [-0.15, -0.1) is 0 Å². The number of nitrogens with zero attached hydrogens (tertiary/aromatic N) is 2. The molecule has 0 unspecified atom stereocenters. The molecule has 2 nitrogen and oxygen atoms in total. The van der Waals surface area contributed by atoms with Gasteiger partial charge in [-0.1, -0.05) is 84.9 Å². The van der Waals surface area contributed by atoms with Crippen molar-refractivity contribution in [1.82, 2.24) is 0 Å². The van der Waals surface area contributed by atoms with Crippen LogP contribution >= 0.6 is 0 Å². The highest BCUT2D eigenvalue weighted by Gasteiger charge is 1.99. The summed E-state index contributed by atoms with van der Waals surface area (Å²) in [5.74, 6) is 0. The van der Waals surface area contributed by atoms with Crippen LogP contribution in [0.4, 0.5) is 11.4 Å². The van der Waals surface area contributed by atoms with Crippen LogP contribution in [0.2, 0.25) is 0 Å². The number of aliphatic imine (C=N–C) groups is 2. The molecule has 0 N–H and O–H groups in total. The molecule has 0 amide bonds. The van der Waals surface area contributed by atoms with Crippen molar-refractivity contribution in [3.63, 3.8) is 0 Å². The fourth-order valence-corrected chi connectivity index (χ4v) is 2.67. The number of para-hydroxylation sites is 2. The first-order valence-corrected chi connectivity index (χ1v) is 9.36. The van der Waals surface area contributed by atoms with Crippen LogP contribution in [0.1, 0.15) is 25.0 Å². The predicted molar refractivity (Wildman–Crippen MR) is 123 cm³/mol. The van der Waals surface area contributed by atoms with E-state index in [1.165, 1.54) is 0 Å². The maximum atomic E-state index is 4.74. The fraction of sp³-hybridized carbons (Fsp3) is 0.0769. The van der Waals surface area contributed by atoms with Crippen LogP contribution in [0.5, 0.6) is 0 Å². The van der Waals surface area contributed by atoms with E-state index in [4.69, 9.17) is 9.98 Å². The van der Waals surface area contributed by atoms with Crippen molar-refractivity contribution in [2.45, 2.75) is 13.8 Å². The van der Waals surface area contributed by atoms with E-state index >= 15 is 0 Å². The molecule has 28 heavy (non-hydrogen) atoms. The highest BCUT2D eigenvalue weighted by atomic mass is 14.8. The molecule has 3 aromatic rings. The molecule has 0 radical (unpaired) electrons. The minimum atomic E-state index is 0.866. The summed E-state index contributed by atoms with van der Waals surface area (Å²) in [7, 11) is 0. The van der Waals surface area contributed by atoms with E-state index in [-0.39, 0.29) is 0 Å². The van der Waals surface area contributed by atoms with Crippen molar-refractivity contribution in [3.05, 3.63) is 108 Å². The van der Waals surface area contributed by atoms with Crippen LogP contribution in [-0.2, 0) is 0 Å². The Kier molecular flexibility index (Phi) is 6.86. The molecule has 0 saturated carbocycles. The molecule has 0 aliphatic rings. The van der Waals surface area contributed by atoms with Gasteiger partial charge in [-0.3, -0.25) is 9.98 Å². The summed E-state index contributed by atoms with van der Waals surface area (Å²) in [6.45, 7) is 4.00. The lowest BCUT2D eigenvalue weighted by Crippen LogP contribution is -1.86. The third-order valence-electron chi connectivity index (χ3n) is 4.11. The van der Waals surface area contributed by atoms with Gasteiger partial charge < -0.3 is 0 Å². The highest BCUT2D eigenvalue weighted by molar-refractivity contribution is 6.00. The molecule has 0 heterocycles. The van der Waals surface area contributed by atoms with E-state index in [0.29, 0.717) is 0 Å². The first-order chi connectivity index (χ1) is 13.7. The van der Waals surface area contributed by atoms with E-state index in [1.54, 1.807) is 0 Å². The molecule has 3 aromatic carbocycles. The number of rotatable bonds is 6. The number of hydrogen-bond donors (Lipinski definition) is 0. The van der Waals surface area contributed by atoms with E-state index in [2.05, 4.69) is 36.4 Å². The van der Waals surface area contributed by atoms with Gasteiger partial charge >= 0.3 is 0 Å². The SMILES string of the molecule is CC(/C=C/c1ccccc1)=Nc1ccccc1N=C(C)/C=C/c1ccccc1. The summed E-state index contributed by atoms with van der Waals surface area (Å²) in [4.78, 5) is 9.49. The Morgan fingerprint density at radius 2 is 0.893 bits per heavy atom. The average molecular weight is 364 g/mol. The Labute approximate surface area is 167 Å². The van der Waals surface area contributed by atoms with Gasteiger partial charge in [-0.05, 0) is 49.3 Å². The van der Waals surface area contributed by atoms with Gasteiger partial charge in [-0.25, -0.2) is 0 Å². The first kappa shape index (κ1) is 19.2. The molecule has 2 heteroatoms. The van der Waals surface area contributed by atoms with Crippen molar-refractivity contribution in [3.8, 4) is 0 Å². The molecule has 138 valence electrons. The molecule has 0 spiro atoms. The van der Waals surface area contributed by atoms with Crippen LogP contribution in [-0.4, -0.2) is 11.4 Å². The molecule has 0 atom stereocenters. The fourth-order valence-electron chi connectivity index (χ4n) is 2.67. The lowest BCUT2D eigenvalue weighted by molar-refractivity contribution is 1.43. The Balaban J connectivity index is 1.78. The van der Waals surface area contributed by atoms with Crippen LogP contribution < -0.4 is 0 Å². The van der Waals surface area contributed by atoms with Crippen molar-refractivity contribution in [1.29, 1.82) is 0 Å². The second kappa shape index (κ2) is 9.98. The van der Waals surface area contributed by atoms with Crippen molar-refractivity contribution in [2.24, 2.45) is 9.98 Å². The first-order valence-electron chi connectivity index (χ1n) is 9.36. The summed E-state index contributed by atoms with van der Waals surface area (Å²) in [5, 5.41) is 0. The highest BCUT2D eigenvalue weighted by Crippen LogP contribution is 2.28. The lowest BCUT2D eigenvalue weighted by Gasteiger charge is -2.02. The summed E-state index contributed by atoms with van der Waals surface area (Å²) in [6, 6.07) is 28.4. The van der Waals surface area contributed by atoms with Gasteiger partial charge in [0.2, 0.25) is 0 Å². The number of benzene rings is 3. The van der Waals surface area contributed by atoms with Gasteiger partial charge in [0.15, 0.2) is 0 Å². The summed E-state index contributed by atoms with van der Waals surface area (Å²) in [6.07, 6.45) is 8.19. The van der Waals surface area contributed by atoms with Crippen molar-refractivity contribution in [2.75, 3.05) is 0 Å². The van der Waals surface area contributed by atoms with E-state index in [0.717, 1.165) is 33.9 Å². The monoisotopic (exact) mass is 364 g/mol. The maximum Gasteiger partial charge on any atom is 0.0889 e. The van der Waals surface area contributed by atoms with E-state index in [1.807, 2.05) is 86.7 Å². The zero-order chi connectivity index (χ0) is 19.6. The number of hydrogen-bond acceptors (Lipinski definition) is 2. The predicted octanol–water partition coefficient (Wildman–Crippen LogP) is 7.30. The molecule has 0 aromatic heterocycles. The zero-order valence-electron chi connectivity index (χ0n) is 16.3. The third kappa shape index (κ3) is 6.03. The van der Waals surface area contributed by atoms with Gasteiger partial charge in [0.25, 0.3) is 0 Å². The lowest BCUT2D eigenvalue weighted by atomic mass is 10.2. The number of allylic oxidation sites excluding steroid dienone is 2. The van der Waals surface area contributed by atoms with E-state index in [9.17, 15) is 0 Å². The molecule has 3 rings (SSSR count). The second-order valence-corrected chi connectivity index (χ2v) is 6.48. The second-order valence-electron chi connectivity index (χ2n) is 6.48. The molecular weight excluding hydrogens is 340 g/mol. The van der Waals surface area contributed by atoms with Gasteiger partial charge in [-0.2, -0.15) is 0 Å². The zero-order valence-corrected chi connectivity index (χ0v) is 16.3. The maximum absolute atomic E-state index is 4.74. The van der Waals surface area contributed by atoms with Crippen molar-refractivity contribution < 1.29 is 0 Å². The standard InChI is InChI=1S/C26H24N2/c1-21(17-19-23-11-5-3-6-12-23)27-25-15-9-10-16-26(25)28-22(2)18-20-24-13-7-4-8-14-24/h3-20H,1-2H3/b19-17+,20-18+,27-21?,28-22?. The third-order valence-corrected chi connectivity index (χ3v) is 4.11. The summed E-state index contributed by atoms with van der Waals surface area (Å²) in [5.41, 5.74) is 5.92. The molecule has 0 saturated heterocycles. The summed E-state index contributed by atoms with van der Waals surface area (Å²) >= 11 is 0. The van der Waals surface area contributed by atoms with Gasteiger partial charge in [0.05, 0.1) is 11.4 Å². The quantitative estimate of drug-likeness (QED) is 0.410. The molecule has 0 aliphatic heterocycles. The van der Waals surface area contributed by atoms with Crippen LogP contribution in [0.15, 0.2) is 107 Å². The summed E-state index contributed by atoms with van der Waals surface area (Å²) < 4.78 is 0. The van der Waals surface area contributed by atoms with Crippen LogP contribution in [0, 0.1) is 0 Å². The van der Waals surface area contributed by atoms with Gasteiger partial charge in [0, 0.05) is 11.4 Å². The molecule has 0 fully saturated rings.